The maximum absolute atomic E-state index is 11.7. The Labute approximate surface area is 105 Å². The van der Waals surface area contributed by atoms with Gasteiger partial charge in [-0.2, -0.15) is 0 Å². The number of rotatable bonds is 4. The van der Waals surface area contributed by atoms with Gasteiger partial charge in [0.25, 0.3) is 0 Å². The summed E-state index contributed by atoms with van der Waals surface area (Å²) in [5, 5.41) is 0.895. The number of benzene rings is 1. The Morgan fingerprint density at radius 1 is 1.38 bits per heavy atom. The van der Waals surface area contributed by atoms with Crippen molar-refractivity contribution in [3.05, 3.63) is 28.2 Å². The largest absolute Gasteiger partial charge is 0.300 e. The van der Waals surface area contributed by atoms with E-state index in [4.69, 9.17) is 34.2 Å². The molecule has 0 aliphatic heterocycles. The Morgan fingerprint density at radius 2 is 2.00 bits per heavy atom. The standard InChI is InChI=1S/C9H14Cl2N3OP/c1-2-5-14(16(12,13)15)9-4-3-7(10)6-8(9)11/h3-4,6H,2,5H2,1H3,(H4,12,13,15). The minimum absolute atomic E-state index is 0.386. The quantitative estimate of drug-likeness (QED) is 0.831. The second kappa shape index (κ2) is 5.39. The summed E-state index contributed by atoms with van der Waals surface area (Å²) in [5.74, 6) is 0. The minimum Gasteiger partial charge on any atom is -0.298 e. The summed E-state index contributed by atoms with van der Waals surface area (Å²) in [6, 6.07) is 4.88. The number of nitrogens with zero attached hydrogens (tertiary/aromatic N) is 1. The summed E-state index contributed by atoms with van der Waals surface area (Å²) in [5.41, 5.74) is 11.5. The molecular weight excluding hydrogens is 268 g/mol. The van der Waals surface area contributed by atoms with E-state index in [0.717, 1.165) is 6.42 Å². The van der Waals surface area contributed by atoms with Crippen LogP contribution in [0.2, 0.25) is 10.0 Å². The van der Waals surface area contributed by atoms with E-state index in [2.05, 4.69) is 0 Å². The summed E-state index contributed by atoms with van der Waals surface area (Å²) < 4.78 is 13.2. The summed E-state index contributed by atoms with van der Waals surface area (Å²) in [7, 11) is -3.35. The van der Waals surface area contributed by atoms with Crippen LogP contribution in [0.4, 0.5) is 5.69 Å². The molecule has 0 atom stereocenters. The van der Waals surface area contributed by atoms with Crippen LogP contribution in [0.1, 0.15) is 13.3 Å². The molecule has 0 aliphatic rings. The van der Waals surface area contributed by atoms with Crippen LogP contribution < -0.4 is 15.7 Å². The van der Waals surface area contributed by atoms with Crippen LogP contribution in [0.15, 0.2) is 18.2 Å². The lowest BCUT2D eigenvalue weighted by molar-refractivity contribution is 0.572. The molecule has 1 aromatic carbocycles. The van der Waals surface area contributed by atoms with Gasteiger partial charge in [-0.3, -0.25) is 20.2 Å². The summed E-state index contributed by atoms with van der Waals surface area (Å²) >= 11 is 11.8. The lowest BCUT2D eigenvalue weighted by Crippen LogP contribution is -2.29. The molecule has 0 saturated heterocycles. The minimum atomic E-state index is -3.35. The zero-order valence-electron chi connectivity index (χ0n) is 8.86. The highest BCUT2D eigenvalue weighted by molar-refractivity contribution is 7.60. The Morgan fingerprint density at radius 3 is 2.44 bits per heavy atom. The van der Waals surface area contributed by atoms with Crippen molar-refractivity contribution in [2.75, 3.05) is 11.2 Å². The maximum Gasteiger partial charge on any atom is 0.300 e. The molecule has 16 heavy (non-hydrogen) atoms. The highest BCUT2D eigenvalue weighted by Crippen LogP contribution is 2.41. The smallest absolute Gasteiger partial charge is 0.298 e. The monoisotopic (exact) mass is 281 g/mol. The fourth-order valence-electron chi connectivity index (χ4n) is 1.35. The van der Waals surface area contributed by atoms with E-state index in [9.17, 15) is 4.57 Å². The van der Waals surface area contributed by atoms with E-state index in [-0.39, 0.29) is 0 Å². The third-order valence-corrected chi connectivity index (χ3v) is 3.71. The highest BCUT2D eigenvalue weighted by atomic mass is 35.5. The number of hydrogen-bond acceptors (Lipinski definition) is 1. The topological polar surface area (TPSA) is 72.3 Å². The first-order valence-corrected chi connectivity index (χ1v) is 7.32. The molecule has 90 valence electrons. The Bertz CT molecular complexity index is 421. The highest BCUT2D eigenvalue weighted by Gasteiger charge is 2.22. The third-order valence-electron chi connectivity index (χ3n) is 2.00. The number of halogens is 2. The van der Waals surface area contributed by atoms with Gasteiger partial charge in [-0.15, -0.1) is 0 Å². The summed E-state index contributed by atoms with van der Waals surface area (Å²) in [6.45, 7) is 2.41. The van der Waals surface area contributed by atoms with Gasteiger partial charge in [0.2, 0.25) is 0 Å². The molecule has 0 fully saturated rings. The molecule has 0 radical (unpaired) electrons. The van der Waals surface area contributed by atoms with E-state index >= 15 is 0 Å². The van der Waals surface area contributed by atoms with Crippen molar-refractivity contribution in [2.45, 2.75) is 13.3 Å². The molecule has 0 bridgehead atoms. The zero-order chi connectivity index (χ0) is 12.3. The maximum atomic E-state index is 11.7. The lowest BCUT2D eigenvalue weighted by Gasteiger charge is -2.28. The van der Waals surface area contributed by atoms with Crippen molar-refractivity contribution in [2.24, 2.45) is 11.0 Å². The fourth-order valence-corrected chi connectivity index (χ4v) is 2.94. The van der Waals surface area contributed by atoms with Gasteiger partial charge in [-0.1, -0.05) is 30.1 Å². The first-order chi connectivity index (χ1) is 7.36. The van der Waals surface area contributed by atoms with Crippen LogP contribution in [0.5, 0.6) is 0 Å². The summed E-state index contributed by atoms with van der Waals surface area (Å²) in [4.78, 5) is 0. The number of nitrogens with two attached hydrogens (primary N) is 2. The first kappa shape index (κ1) is 13.8. The van der Waals surface area contributed by atoms with Crippen molar-refractivity contribution in [1.29, 1.82) is 0 Å². The second-order valence-electron chi connectivity index (χ2n) is 3.39. The average molecular weight is 282 g/mol. The first-order valence-electron chi connectivity index (χ1n) is 4.76. The van der Waals surface area contributed by atoms with Gasteiger partial charge in [0.15, 0.2) is 0 Å². The van der Waals surface area contributed by atoms with E-state index < -0.39 is 7.59 Å². The third kappa shape index (κ3) is 3.37. The van der Waals surface area contributed by atoms with Crippen LogP contribution in [0.25, 0.3) is 0 Å². The van der Waals surface area contributed by atoms with E-state index in [1.54, 1.807) is 18.2 Å². The molecule has 0 spiro atoms. The van der Waals surface area contributed by atoms with Gasteiger partial charge in [0, 0.05) is 11.6 Å². The molecule has 0 unspecified atom stereocenters. The predicted molar refractivity (Wildman–Crippen MR) is 70.1 cm³/mol. The number of anilines is 1. The molecular formula is C9H14Cl2N3OP. The molecule has 4 N–H and O–H groups in total. The van der Waals surface area contributed by atoms with Gasteiger partial charge in [0.1, 0.15) is 0 Å². The molecule has 0 amide bonds. The van der Waals surface area contributed by atoms with Crippen molar-refractivity contribution < 1.29 is 4.57 Å². The fraction of sp³-hybridized carbons (Fsp3) is 0.333. The molecule has 4 nitrogen and oxygen atoms in total. The number of hydrogen-bond donors (Lipinski definition) is 2. The van der Waals surface area contributed by atoms with Crippen LogP contribution in [0.3, 0.4) is 0 Å². The Kier molecular flexibility index (Phi) is 4.65. The van der Waals surface area contributed by atoms with Gasteiger partial charge in [-0.05, 0) is 24.6 Å². The van der Waals surface area contributed by atoms with Crippen LogP contribution in [-0.4, -0.2) is 6.54 Å². The predicted octanol–water partition coefficient (Wildman–Crippen LogP) is 3.24. The summed E-state index contributed by atoms with van der Waals surface area (Å²) in [6.07, 6.45) is 0.761. The van der Waals surface area contributed by atoms with Gasteiger partial charge < -0.3 is 0 Å². The van der Waals surface area contributed by atoms with E-state index in [0.29, 0.717) is 22.3 Å². The van der Waals surface area contributed by atoms with Crippen molar-refractivity contribution in [3.8, 4) is 0 Å². The second-order valence-corrected chi connectivity index (χ2v) is 6.06. The van der Waals surface area contributed by atoms with Crippen LogP contribution in [-0.2, 0) is 4.57 Å². The molecule has 1 aromatic rings. The molecule has 0 aromatic heterocycles. The van der Waals surface area contributed by atoms with Crippen molar-refractivity contribution in [1.82, 2.24) is 0 Å². The van der Waals surface area contributed by atoms with E-state index in [1.807, 2.05) is 6.92 Å². The zero-order valence-corrected chi connectivity index (χ0v) is 11.3. The Hall–Kier alpha value is -0.250. The van der Waals surface area contributed by atoms with E-state index in [1.165, 1.54) is 4.67 Å². The van der Waals surface area contributed by atoms with Crippen molar-refractivity contribution >= 4 is 36.5 Å². The van der Waals surface area contributed by atoms with Gasteiger partial charge in [-0.25, -0.2) is 0 Å². The molecule has 0 saturated carbocycles. The lowest BCUT2D eigenvalue weighted by atomic mass is 10.3. The van der Waals surface area contributed by atoms with Gasteiger partial charge in [0.05, 0.1) is 10.7 Å². The molecule has 1 rings (SSSR count). The Balaban J connectivity index is 3.16. The van der Waals surface area contributed by atoms with Gasteiger partial charge >= 0.3 is 7.59 Å². The van der Waals surface area contributed by atoms with Crippen LogP contribution in [0, 0.1) is 0 Å². The SMILES string of the molecule is CCCN(c1ccc(Cl)cc1Cl)P(N)(N)=O. The average Bonchev–Trinajstić information content (AvgIpc) is 2.13. The molecule has 7 heteroatoms. The van der Waals surface area contributed by atoms with Crippen LogP contribution >= 0.6 is 30.8 Å². The molecule has 0 aliphatic carbocycles. The van der Waals surface area contributed by atoms with Crippen molar-refractivity contribution in [3.63, 3.8) is 0 Å². The normalized spacial score (nSPS) is 11.6. The molecule has 0 heterocycles.